The summed E-state index contributed by atoms with van der Waals surface area (Å²) in [7, 11) is 0. The Bertz CT molecular complexity index is 432. The number of hydrogen-bond donors (Lipinski definition) is 1. The van der Waals surface area contributed by atoms with Crippen molar-refractivity contribution in [3.63, 3.8) is 0 Å². The Morgan fingerprint density at radius 1 is 1.56 bits per heavy atom. The highest BCUT2D eigenvalue weighted by atomic mass is 19.4. The van der Waals surface area contributed by atoms with Gasteiger partial charge in [-0.25, -0.2) is 0 Å². The third-order valence-corrected chi connectivity index (χ3v) is 1.61. The average Bonchev–Trinajstić information content (AvgIpc) is 2.10. The van der Waals surface area contributed by atoms with Crippen LogP contribution in [-0.2, 0) is 0 Å². The number of halogens is 3. The van der Waals surface area contributed by atoms with E-state index < -0.39 is 34.2 Å². The maximum absolute atomic E-state index is 11.9. The number of hydrogen-bond acceptors (Lipinski definition) is 5. The van der Waals surface area contributed by atoms with Gasteiger partial charge in [-0.05, 0) is 16.8 Å². The molecule has 0 aliphatic rings. The van der Waals surface area contributed by atoms with Gasteiger partial charge in [0.25, 0.3) is 0 Å². The molecule has 1 heterocycles. The zero-order chi connectivity index (χ0) is 12.5. The summed E-state index contributed by atoms with van der Waals surface area (Å²) in [5.74, 6) is -2.74. The highest BCUT2D eigenvalue weighted by Crippen LogP contribution is 2.37. The second-order valence-electron chi connectivity index (χ2n) is 2.73. The fourth-order valence-electron chi connectivity index (χ4n) is 1.00. The maximum Gasteiger partial charge on any atom is 0.573 e. The lowest BCUT2D eigenvalue weighted by molar-refractivity contribution is -0.390. The van der Waals surface area contributed by atoms with Crippen LogP contribution in [-0.4, -0.2) is 21.4 Å². The molecule has 1 N–H and O–H groups in total. The predicted octanol–water partition coefficient (Wildman–Crippen LogP) is 1.90. The van der Waals surface area contributed by atoms with Gasteiger partial charge in [-0.2, -0.15) is 0 Å². The number of rotatable bonds is 2. The highest BCUT2D eigenvalue weighted by Gasteiger charge is 2.35. The van der Waals surface area contributed by atoms with E-state index in [-0.39, 0.29) is 0 Å². The topological polar surface area (TPSA) is 85.5 Å². The molecule has 9 heteroatoms. The van der Waals surface area contributed by atoms with E-state index in [1.807, 2.05) is 0 Å². The average molecular weight is 238 g/mol. The molecule has 0 saturated carbocycles. The van der Waals surface area contributed by atoms with Crippen molar-refractivity contribution in [2.45, 2.75) is 13.3 Å². The summed E-state index contributed by atoms with van der Waals surface area (Å²) in [5.41, 5.74) is -0.498. The van der Waals surface area contributed by atoms with Crippen LogP contribution in [0.25, 0.3) is 0 Å². The predicted molar refractivity (Wildman–Crippen MR) is 44.0 cm³/mol. The first kappa shape index (κ1) is 12.0. The number of ether oxygens (including phenoxy) is 1. The highest BCUT2D eigenvalue weighted by molar-refractivity contribution is 5.50. The van der Waals surface area contributed by atoms with Gasteiger partial charge >= 0.3 is 12.2 Å². The Balaban J connectivity index is 3.27. The first-order valence-electron chi connectivity index (χ1n) is 3.81. The second kappa shape index (κ2) is 3.83. The Morgan fingerprint density at radius 2 is 2.12 bits per heavy atom. The monoisotopic (exact) mass is 238 g/mol. The van der Waals surface area contributed by atoms with Crippen molar-refractivity contribution >= 4 is 5.82 Å². The second-order valence-corrected chi connectivity index (χ2v) is 2.73. The van der Waals surface area contributed by atoms with E-state index in [0.29, 0.717) is 6.20 Å². The summed E-state index contributed by atoms with van der Waals surface area (Å²) in [5, 5.41) is 19.4. The van der Waals surface area contributed by atoms with Crippen LogP contribution in [0, 0.1) is 17.0 Å². The van der Waals surface area contributed by atoms with Gasteiger partial charge in [-0.3, -0.25) is 0 Å². The molecular formula is C7H5F3N2O4. The molecule has 0 fully saturated rings. The van der Waals surface area contributed by atoms with Crippen LogP contribution < -0.4 is 4.74 Å². The van der Waals surface area contributed by atoms with Gasteiger partial charge in [-0.15, -0.1) is 13.2 Å². The number of nitrogens with zero attached hydrogens (tertiary/aromatic N) is 2. The smallest absolute Gasteiger partial charge is 0.502 e. The Labute approximate surface area is 86.4 Å². The van der Waals surface area contributed by atoms with Gasteiger partial charge < -0.3 is 20.0 Å². The van der Waals surface area contributed by atoms with E-state index in [4.69, 9.17) is 5.11 Å². The van der Waals surface area contributed by atoms with Crippen LogP contribution in [0.5, 0.6) is 11.5 Å². The summed E-state index contributed by atoms with van der Waals surface area (Å²) in [6.45, 7) is 0.992. The van der Waals surface area contributed by atoms with Crippen LogP contribution in [0.3, 0.4) is 0 Å². The van der Waals surface area contributed by atoms with E-state index in [9.17, 15) is 23.3 Å². The van der Waals surface area contributed by atoms with Crippen molar-refractivity contribution in [1.82, 2.24) is 4.98 Å². The lowest BCUT2D eigenvalue weighted by Crippen LogP contribution is -2.18. The van der Waals surface area contributed by atoms with Gasteiger partial charge in [0.2, 0.25) is 5.75 Å². The quantitative estimate of drug-likeness (QED) is 0.628. The van der Waals surface area contributed by atoms with E-state index in [0.717, 1.165) is 6.92 Å². The number of pyridine rings is 1. The van der Waals surface area contributed by atoms with E-state index >= 15 is 0 Å². The van der Waals surface area contributed by atoms with Gasteiger partial charge in [0.05, 0.1) is 5.56 Å². The molecule has 1 aromatic heterocycles. The third kappa shape index (κ3) is 2.49. The summed E-state index contributed by atoms with van der Waals surface area (Å²) in [6, 6.07) is 0. The molecule has 16 heavy (non-hydrogen) atoms. The van der Waals surface area contributed by atoms with Crippen LogP contribution in [0.1, 0.15) is 5.56 Å². The zero-order valence-corrected chi connectivity index (χ0v) is 7.78. The number of aromatic nitrogens is 1. The molecule has 88 valence electrons. The summed E-state index contributed by atoms with van der Waals surface area (Å²) >= 11 is 0. The molecule has 0 atom stereocenters. The molecule has 0 bridgehead atoms. The third-order valence-electron chi connectivity index (χ3n) is 1.61. The lowest BCUT2D eigenvalue weighted by atomic mass is 10.2. The van der Waals surface area contributed by atoms with Crippen molar-refractivity contribution in [2.24, 2.45) is 0 Å². The molecular weight excluding hydrogens is 233 g/mol. The van der Waals surface area contributed by atoms with Crippen molar-refractivity contribution in [3.05, 3.63) is 21.9 Å². The normalized spacial score (nSPS) is 11.2. The SMILES string of the molecule is Cc1c([N+](=O)[O-])ncc(O)c1OC(F)(F)F. The van der Waals surface area contributed by atoms with Crippen LogP contribution in [0.2, 0.25) is 0 Å². The van der Waals surface area contributed by atoms with Crippen molar-refractivity contribution in [1.29, 1.82) is 0 Å². The fourth-order valence-corrected chi connectivity index (χ4v) is 1.00. The van der Waals surface area contributed by atoms with Crippen molar-refractivity contribution < 1.29 is 27.9 Å². The number of aromatic hydroxyl groups is 1. The minimum atomic E-state index is -5.04. The zero-order valence-electron chi connectivity index (χ0n) is 7.78. The molecule has 0 unspecified atom stereocenters. The molecule has 6 nitrogen and oxygen atoms in total. The molecule has 1 rings (SSSR count). The Kier molecular flexibility index (Phi) is 2.88. The molecule has 0 amide bonds. The molecule has 0 aliphatic heterocycles. The summed E-state index contributed by atoms with van der Waals surface area (Å²) in [4.78, 5) is 12.6. The first-order chi connectivity index (χ1) is 7.22. The molecule has 0 saturated heterocycles. The van der Waals surface area contributed by atoms with Gasteiger partial charge in [0.1, 0.15) is 0 Å². The molecule has 0 radical (unpaired) electrons. The van der Waals surface area contributed by atoms with E-state index in [1.54, 1.807) is 0 Å². The fraction of sp³-hybridized carbons (Fsp3) is 0.286. The van der Waals surface area contributed by atoms with Crippen molar-refractivity contribution in [3.8, 4) is 11.5 Å². The van der Waals surface area contributed by atoms with Crippen LogP contribution in [0.15, 0.2) is 6.20 Å². The molecule has 0 aliphatic carbocycles. The Hall–Kier alpha value is -2.06. The van der Waals surface area contributed by atoms with Gasteiger partial charge in [0, 0.05) is 0 Å². The Morgan fingerprint density at radius 3 is 2.56 bits per heavy atom. The molecule has 0 spiro atoms. The minimum Gasteiger partial charge on any atom is -0.502 e. The standard InChI is InChI=1S/C7H5F3N2O4/c1-3-5(16-7(8,9)10)4(13)2-11-6(3)12(14)15/h2,13H,1H3. The maximum atomic E-state index is 11.9. The number of alkyl halides is 3. The number of nitro groups is 1. The summed E-state index contributed by atoms with van der Waals surface area (Å²) in [6.07, 6.45) is -4.52. The van der Waals surface area contributed by atoms with Crippen LogP contribution >= 0.6 is 0 Å². The molecule has 1 aromatic rings. The van der Waals surface area contributed by atoms with E-state index in [1.165, 1.54) is 0 Å². The first-order valence-corrected chi connectivity index (χ1v) is 3.81. The lowest BCUT2D eigenvalue weighted by Gasteiger charge is -2.11. The molecule has 0 aromatic carbocycles. The van der Waals surface area contributed by atoms with Gasteiger partial charge in [0.15, 0.2) is 11.9 Å². The summed E-state index contributed by atoms with van der Waals surface area (Å²) < 4.78 is 39.2. The van der Waals surface area contributed by atoms with Crippen molar-refractivity contribution in [2.75, 3.05) is 0 Å². The van der Waals surface area contributed by atoms with E-state index in [2.05, 4.69) is 9.72 Å². The largest absolute Gasteiger partial charge is 0.573 e. The minimum absolute atomic E-state index is 0.498. The van der Waals surface area contributed by atoms with Crippen LogP contribution in [0.4, 0.5) is 19.0 Å². The van der Waals surface area contributed by atoms with Gasteiger partial charge in [-0.1, -0.05) is 0 Å².